The Morgan fingerprint density at radius 1 is 1.53 bits per heavy atom. The number of nitro groups is 1. The van der Waals surface area contributed by atoms with E-state index in [0.29, 0.717) is 0 Å². The lowest BCUT2D eigenvalue weighted by Gasteiger charge is -1.93. The Morgan fingerprint density at radius 3 is 2.80 bits per heavy atom. The minimum absolute atomic E-state index is 0.0583. The summed E-state index contributed by atoms with van der Waals surface area (Å²) < 4.78 is 3.68. The zero-order chi connectivity index (χ0) is 11.0. The summed E-state index contributed by atoms with van der Waals surface area (Å²) in [5, 5.41) is 18.7. The quantitative estimate of drug-likeness (QED) is 0.472. The molecule has 0 radical (unpaired) electrons. The molecule has 0 N–H and O–H groups in total. The van der Waals surface area contributed by atoms with Gasteiger partial charge >= 0.3 is 5.69 Å². The third-order valence-electron chi connectivity index (χ3n) is 1.76. The van der Waals surface area contributed by atoms with Gasteiger partial charge in [0, 0.05) is 13.2 Å². The van der Waals surface area contributed by atoms with Gasteiger partial charge in [-0.3, -0.25) is 14.8 Å². The standard InChI is InChI=1S/C7H6IN5O2/c1-11-4-6(13(14)15)7(10-11)12-3-5(8)2-9-12/h2-4H,1H3. The van der Waals surface area contributed by atoms with Gasteiger partial charge in [-0.05, 0) is 22.6 Å². The second-order valence-electron chi connectivity index (χ2n) is 2.87. The van der Waals surface area contributed by atoms with E-state index in [1.54, 1.807) is 19.4 Å². The molecule has 2 aromatic heterocycles. The molecule has 2 aromatic rings. The van der Waals surface area contributed by atoms with Crippen LogP contribution in [0.4, 0.5) is 5.69 Å². The van der Waals surface area contributed by atoms with Crippen molar-refractivity contribution in [2.24, 2.45) is 7.05 Å². The molecule has 8 heteroatoms. The van der Waals surface area contributed by atoms with Crippen LogP contribution in [0.2, 0.25) is 0 Å². The van der Waals surface area contributed by atoms with Crippen LogP contribution < -0.4 is 0 Å². The Morgan fingerprint density at radius 2 is 2.27 bits per heavy atom. The van der Waals surface area contributed by atoms with E-state index in [0.717, 1.165) is 3.57 Å². The van der Waals surface area contributed by atoms with Crippen LogP contribution in [0, 0.1) is 13.7 Å². The topological polar surface area (TPSA) is 78.8 Å². The third-order valence-corrected chi connectivity index (χ3v) is 2.31. The van der Waals surface area contributed by atoms with Crippen LogP contribution in [0.5, 0.6) is 0 Å². The van der Waals surface area contributed by atoms with Gasteiger partial charge in [-0.2, -0.15) is 5.10 Å². The lowest BCUT2D eigenvalue weighted by atomic mass is 10.5. The van der Waals surface area contributed by atoms with Gasteiger partial charge in [0.2, 0.25) is 0 Å². The Balaban J connectivity index is 2.56. The highest BCUT2D eigenvalue weighted by atomic mass is 127. The van der Waals surface area contributed by atoms with Gasteiger partial charge in [0.1, 0.15) is 6.20 Å². The first-order chi connectivity index (χ1) is 7.08. The van der Waals surface area contributed by atoms with Crippen LogP contribution in [0.15, 0.2) is 18.6 Å². The van der Waals surface area contributed by atoms with Crippen molar-refractivity contribution < 1.29 is 4.92 Å². The molecule has 15 heavy (non-hydrogen) atoms. The predicted molar refractivity (Wildman–Crippen MR) is 59.7 cm³/mol. The first kappa shape index (κ1) is 10.1. The van der Waals surface area contributed by atoms with Crippen molar-refractivity contribution in [2.75, 3.05) is 0 Å². The van der Waals surface area contributed by atoms with Gasteiger partial charge < -0.3 is 0 Å². The monoisotopic (exact) mass is 319 g/mol. The zero-order valence-corrected chi connectivity index (χ0v) is 9.82. The average molecular weight is 319 g/mol. The summed E-state index contributed by atoms with van der Waals surface area (Å²) in [6.45, 7) is 0. The van der Waals surface area contributed by atoms with Crippen molar-refractivity contribution in [1.82, 2.24) is 19.6 Å². The van der Waals surface area contributed by atoms with E-state index in [-0.39, 0.29) is 11.5 Å². The Kier molecular flexibility index (Phi) is 2.42. The fraction of sp³-hybridized carbons (Fsp3) is 0.143. The number of aromatic nitrogens is 4. The molecule has 0 aliphatic rings. The molecule has 0 aliphatic carbocycles. The highest BCUT2D eigenvalue weighted by Crippen LogP contribution is 2.20. The maximum atomic E-state index is 10.7. The number of nitrogens with zero attached hydrogens (tertiary/aromatic N) is 5. The number of halogens is 1. The van der Waals surface area contributed by atoms with E-state index in [1.165, 1.54) is 15.6 Å². The summed E-state index contributed by atoms with van der Waals surface area (Å²) >= 11 is 2.08. The van der Waals surface area contributed by atoms with E-state index >= 15 is 0 Å². The van der Waals surface area contributed by atoms with Crippen LogP contribution in [0.25, 0.3) is 5.82 Å². The SMILES string of the molecule is Cn1cc([N+](=O)[O-])c(-n2cc(I)cn2)n1. The Labute approximate surface area is 98.0 Å². The van der Waals surface area contributed by atoms with Crippen molar-refractivity contribution in [1.29, 1.82) is 0 Å². The first-order valence-electron chi connectivity index (χ1n) is 3.96. The normalized spacial score (nSPS) is 10.5. The Bertz CT molecular complexity index is 517. The molecule has 0 aliphatic heterocycles. The summed E-state index contributed by atoms with van der Waals surface area (Å²) in [6, 6.07) is 0. The maximum absolute atomic E-state index is 10.7. The van der Waals surface area contributed by atoms with Crippen LogP contribution in [0.1, 0.15) is 0 Å². The highest BCUT2D eigenvalue weighted by molar-refractivity contribution is 14.1. The number of hydrogen-bond donors (Lipinski definition) is 0. The maximum Gasteiger partial charge on any atom is 0.333 e. The summed E-state index contributed by atoms with van der Waals surface area (Å²) in [5.41, 5.74) is -0.0583. The predicted octanol–water partition coefficient (Wildman–Crippen LogP) is 1.12. The van der Waals surface area contributed by atoms with Crippen molar-refractivity contribution in [3.05, 3.63) is 32.3 Å². The lowest BCUT2D eigenvalue weighted by molar-refractivity contribution is -0.384. The van der Waals surface area contributed by atoms with Crippen LogP contribution in [-0.4, -0.2) is 24.5 Å². The second kappa shape index (κ2) is 3.61. The third kappa shape index (κ3) is 1.84. The molecule has 7 nitrogen and oxygen atoms in total. The molecule has 0 bridgehead atoms. The zero-order valence-electron chi connectivity index (χ0n) is 7.66. The molecule has 0 unspecified atom stereocenters. The largest absolute Gasteiger partial charge is 0.333 e. The molecule has 2 heterocycles. The van der Waals surface area contributed by atoms with Crippen molar-refractivity contribution in [3.8, 4) is 5.82 Å². The molecule has 0 aromatic carbocycles. The van der Waals surface area contributed by atoms with Crippen molar-refractivity contribution in [2.45, 2.75) is 0 Å². The highest BCUT2D eigenvalue weighted by Gasteiger charge is 2.20. The van der Waals surface area contributed by atoms with Gasteiger partial charge in [-0.1, -0.05) is 0 Å². The number of hydrogen-bond acceptors (Lipinski definition) is 4. The molecule has 0 saturated heterocycles. The first-order valence-corrected chi connectivity index (χ1v) is 5.04. The van der Waals surface area contributed by atoms with E-state index in [4.69, 9.17) is 0 Å². The van der Waals surface area contributed by atoms with Gasteiger partial charge in [0.25, 0.3) is 5.82 Å². The van der Waals surface area contributed by atoms with E-state index < -0.39 is 4.92 Å². The van der Waals surface area contributed by atoms with Crippen LogP contribution in [-0.2, 0) is 7.05 Å². The molecule has 0 fully saturated rings. The molecule has 0 amide bonds. The summed E-state index contributed by atoms with van der Waals surface area (Å²) in [4.78, 5) is 10.2. The van der Waals surface area contributed by atoms with E-state index in [2.05, 4.69) is 32.8 Å². The number of aryl methyl sites for hydroxylation is 1. The minimum atomic E-state index is -0.475. The number of rotatable bonds is 2. The fourth-order valence-electron chi connectivity index (χ4n) is 1.17. The van der Waals surface area contributed by atoms with Gasteiger partial charge in [0.05, 0.1) is 14.7 Å². The molecule has 0 saturated carbocycles. The molecule has 0 atom stereocenters. The lowest BCUT2D eigenvalue weighted by Crippen LogP contribution is -2.00. The van der Waals surface area contributed by atoms with Crippen molar-refractivity contribution >= 4 is 28.3 Å². The molecular formula is C7H6IN5O2. The average Bonchev–Trinajstić information content (AvgIpc) is 2.71. The molecule has 2 rings (SSSR count). The molecule has 0 spiro atoms. The summed E-state index contributed by atoms with van der Waals surface area (Å²) in [6.07, 6.45) is 4.64. The summed E-state index contributed by atoms with van der Waals surface area (Å²) in [5.74, 6) is 0.227. The molecular weight excluding hydrogens is 313 g/mol. The van der Waals surface area contributed by atoms with Gasteiger partial charge in [0.15, 0.2) is 0 Å². The van der Waals surface area contributed by atoms with Gasteiger partial charge in [-0.25, -0.2) is 4.68 Å². The fourth-order valence-corrected chi connectivity index (χ4v) is 1.56. The second-order valence-corrected chi connectivity index (χ2v) is 4.12. The van der Waals surface area contributed by atoms with Crippen LogP contribution >= 0.6 is 22.6 Å². The summed E-state index contributed by atoms with van der Waals surface area (Å²) in [7, 11) is 1.63. The van der Waals surface area contributed by atoms with Crippen molar-refractivity contribution in [3.63, 3.8) is 0 Å². The van der Waals surface area contributed by atoms with E-state index in [9.17, 15) is 10.1 Å². The smallest absolute Gasteiger partial charge is 0.266 e. The minimum Gasteiger partial charge on any atom is -0.266 e. The Hall–Kier alpha value is -1.45. The van der Waals surface area contributed by atoms with Crippen LogP contribution in [0.3, 0.4) is 0 Å². The van der Waals surface area contributed by atoms with Gasteiger partial charge in [-0.15, -0.1) is 5.10 Å². The van der Waals surface area contributed by atoms with E-state index in [1.807, 2.05) is 0 Å². The molecule has 78 valence electrons.